The Hall–Kier alpha value is -1.87. The van der Waals surface area contributed by atoms with E-state index in [0.29, 0.717) is 12.5 Å². The van der Waals surface area contributed by atoms with Gasteiger partial charge in [-0.3, -0.25) is 9.69 Å². The van der Waals surface area contributed by atoms with Gasteiger partial charge >= 0.3 is 0 Å². The normalized spacial score (nSPS) is 11.3. The third-order valence-corrected chi connectivity index (χ3v) is 3.81. The van der Waals surface area contributed by atoms with Gasteiger partial charge in [-0.1, -0.05) is 30.3 Å². The summed E-state index contributed by atoms with van der Waals surface area (Å²) in [6, 6.07) is 14.6. The third kappa shape index (κ3) is 4.30. The third-order valence-electron chi connectivity index (χ3n) is 3.81. The van der Waals surface area contributed by atoms with Gasteiger partial charge in [0.2, 0.25) is 0 Å². The molecule has 0 fully saturated rings. The zero-order valence-corrected chi connectivity index (χ0v) is 13.1. The Morgan fingerprint density at radius 3 is 2.43 bits per heavy atom. The number of hydrogen-bond donors (Lipinski definition) is 0. The maximum Gasteiger partial charge on any atom is 0.180 e. The van der Waals surface area contributed by atoms with Gasteiger partial charge in [-0.25, -0.2) is 0 Å². The first-order chi connectivity index (χ1) is 10.1. The topological polar surface area (TPSA) is 25.2 Å². The highest BCUT2D eigenvalue weighted by molar-refractivity contribution is 5.94. The van der Waals surface area contributed by atoms with Gasteiger partial charge in [0.25, 0.3) is 0 Å². The number of rotatable bonds is 7. The Labute approximate surface area is 127 Å². The van der Waals surface area contributed by atoms with Gasteiger partial charge in [-0.15, -0.1) is 0 Å². The SMILES string of the molecule is CC(C)N(CCC(=O)c1cccn1C)Cc1ccccc1. The Morgan fingerprint density at radius 1 is 1.14 bits per heavy atom. The average molecular weight is 284 g/mol. The van der Waals surface area contributed by atoms with Crippen LogP contribution in [0.15, 0.2) is 48.7 Å². The van der Waals surface area contributed by atoms with Gasteiger partial charge < -0.3 is 4.57 Å². The summed E-state index contributed by atoms with van der Waals surface area (Å²) >= 11 is 0. The van der Waals surface area contributed by atoms with Crippen molar-refractivity contribution >= 4 is 5.78 Å². The van der Waals surface area contributed by atoms with E-state index in [2.05, 4.69) is 43.0 Å². The maximum absolute atomic E-state index is 12.3. The molecule has 0 unspecified atom stereocenters. The van der Waals surface area contributed by atoms with E-state index < -0.39 is 0 Å². The number of carbonyl (C=O) groups is 1. The van der Waals surface area contributed by atoms with E-state index in [1.807, 2.05) is 36.0 Å². The minimum Gasteiger partial charge on any atom is -0.348 e. The lowest BCUT2D eigenvalue weighted by atomic mass is 10.1. The molecule has 3 heteroatoms. The summed E-state index contributed by atoms with van der Waals surface area (Å²) < 4.78 is 1.89. The van der Waals surface area contributed by atoms with Crippen molar-refractivity contribution in [1.29, 1.82) is 0 Å². The highest BCUT2D eigenvalue weighted by Crippen LogP contribution is 2.11. The maximum atomic E-state index is 12.3. The molecule has 1 aromatic heterocycles. The molecule has 0 N–H and O–H groups in total. The number of benzene rings is 1. The minimum absolute atomic E-state index is 0.209. The summed E-state index contributed by atoms with van der Waals surface area (Å²) in [6.45, 7) is 6.03. The van der Waals surface area contributed by atoms with Gasteiger partial charge in [-0.2, -0.15) is 0 Å². The fourth-order valence-electron chi connectivity index (χ4n) is 2.46. The molecule has 0 aliphatic rings. The quantitative estimate of drug-likeness (QED) is 0.727. The van der Waals surface area contributed by atoms with Gasteiger partial charge in [0.15, 0.2) is 5.78 Å². The second-order valence-corrected chi connectivity index (χ2v) is 5.73. The lowest BCUT2D eigenvalue weighted by Gasteiger charge is -2.26. The number of aryl methyl sites for hydroxylation is 1. The number of carbonyl (C=O) groups excluding carboxylic acids is 1. The van der Waals surface area contributed by atoms with E-state index in [-0.39, 0.29) is 5.78 Å². The van der Waals surface area contributed by atoms with Gasteiger partial charge in [0.1, 0.15) is 0 Å². The van der Waals surface area contributed by atoms with Crippen LogP contribution in [0.25, 0.3) is 0 Å². The Balaban J connectivity index is 1.95. The molecule has 0 saturated carbocycles. The first kappa shape index (κ1) is 15.5. The molecular formula is C18H24N2O. The lowest BCUT2D eigenvalue weighted by molar-refractivity contribution is 0.0944. The zero-order chi connectivity index (χ0) is 15.2. The molecule has 2 aromatic rings. The summed E-state index contributed by atoms with van der Waals surface area (Å²) in [4.78, 5) is 14.6. The molecule has 1 aromatic carbocycles. The van der Waals surface area contributed by atoms with E-state index in [1.165, 1.54) is 5.56 Å². The molecule has 1 heterocycles. The van der Waals surface area contributed by atoms with Gasteiger partial charge in [0.05, 0.1) is 5.69 Å². The van der Waals surface area contributed by atoms with E-state index in [1.54, 1.807) is 0 Å². The largest absolute Gasteiger partial charge is 0.348 e. The van der Waals surface area contributed by atoms with Crippen molar-refractivity contribution in [2.45, 2.75) is 32.9 Å². The van der Waals surface area contributed by atoms with Crippen molar-refractivity contribution in [2.24, 2.45) is 7.05 Å². The Morgan fingerprint density at radius 2 is 1.86 bits per heavy atom. The molecule has 0 bridgehead atoms. The average Bonchev–Trinajstić information content (AvgIpc) is 2.90. The van der Waals surface area contributed by atoms with E-state index in [9.17, 15) is 4.79 Å². The number of nitrogens with zero attached hydrogens (tertiary/aromatic N) is 2. The van der Waals surface area contributed by atoms with Crippen LogP contribution >= 0.6 is 0 Å². The minimum atomic E-state index is 0.209. The van der Waals surface area contributed by atoms with Crippen LogP contribution in [0, 0.1) is 0 Å². The second-order valence-electron chi connectivity index (χ2n) is 5.73. The highest BCUT2D eigenvalue weighted by Gasteiger charge is 2.14. The highest BCUT2D eigenvalue weighted by atomic mass is 16.1. The Kier molecular flexibility index (Phi) is 5.34. The van der Waals surface area contributed by atoms with E-state index >= 15 is 0 Å². The number of ketones is 1. The summed E-state index contributed by atoms with van der Waals surface area (Å²) in [5.41, 5.74) is 2.08. The molecule has 112 valence electrons. The van der Waals surface area contributed by atoms with Crippen molar-refractivity contribution in [3.63, 3.8) is 0 Å². The molecule has 0 atom stereocenters. The fraction of sp³-hybridized carbons (Fsp3) is 0.389. The second kappa shape index (κ2) is 7.23. The predicted molar refractivity (Wildman–Crippen MR) is 86.3 cm³/mol. The van der Waals surface area contributed by atoms with Crippen molar-refractivity contribution in [1.82, 2.24) is 9.47 Å². The standard InChI is InChI=1S/C18H24N2O/c1-15(2)20(14-16-8-5-4-6-9-16)13-11-18(21)17-10-7-12-19(17)3/h4-10,12,15H,11,13-14H2,1-3H3. The number of aromatic nitrogens is 1. The molecule has 0 radical (unpaired) electrons. The van der Waals surface area contributed by atoms with Crippen molar-refractivity contribution in [2.75, 3.05) is 6.54 Å². The number of hydrogen-bond acceptors (Lipinski definition) is 2. The zero-order valence-electron chi connectivity index (χ0n) is 13.1. The van der Waals surface area contributed by atoms with Crippen LogP contribution < -0.4 is 0 Å². The van der Waals surface area contributed by atoms with Crippen molar-refractivity contribution < 1.29 is 4.79 Å². The van der Waals surface area contributed by atoms with Crippen LogP contribution in [0.5, 0.6) is 0 Å². The molecule has 0 amide bonds. The summed E-state index contributed by atoms with van der Waals surface area (Å²) in [5.74, 6) is 0.209. The molecule has 3 nitrogen and oxygen atoms in total. The van der Waals surface area contributed by atoms with Crippen LogP contribution in [-0.2, 0) is 13.6 Å². The van der Waals surface area contributed by atoms with Crippen molar-refractivity contribution in [3.8, 4) is 0 Å². The molecular weight excluding hydrogens is 260 g/mol. The Bertz CT molecular complexity index is 572. The summed E-state index contributed by atoms with van der Waals surface area (Å²) in [5, 5.41) is 0. The van der Waals surface area contributed by atoms with Crippen LogP contribution in [0.1, 0.15) is 36.3 Å². The summed E-state index contributed by atoms with van der Waals surface area (Å²) in [7, 11) is 1.91. The lowest BCUT2D eigenvalue weighted by Crippen LogP contribution is -2.32. The fourth-order valence-corrected chi connectivity index (χ4v) is 2.46. The van der Waals surface area contributed by atoms with E-state index in [4.69, 9.17) is 0 Å². The molecule has 21 heavy (non-hydrogen) atoms. The first-order valence-electron chi connectivity index (χ1n) is 7.50. The predicted octanol–water partition coefficient (Wildman–Crippen LogP) is 3.51. The molecule has 0 aliphatic carbocycles. The molecule has 0 saturated heterocycles. The van der Waals surface area contributed by atoms with E-state index in [0.717, 1.165) is 18.8 Å². The molecule has 0 aliphatic heterocycles. The summed E-state index contributed by atoms with van der Waals surface area (Å²) in [6.07, 6.45) is 2.47. The van der Waals surface area contributed by atoms with Gasteiger partial charge in [-0.05, 0) is 31.5 Å². The van der Waals surface area contributed by atoms with Crippen LogP contribution in [0.4, 0.5) is 0 Å². The van der Waals surface area contributed by atoms with Gasteiger partial charge in [0, 0.05) is 38.8 Å². The van der Waals surface area contributed by atoms with Crippen LogP contribution in [-0.4, -0.2) is 27.8 Å². The van der Waals surface area contributed by atoms with Crippen LogP contribution in [0.2, 0.25) is 0 Å². The monoisotopic (exact) mass is 284 g/mol. The van der Waals surface area contributed by atoms with Crippen molar-refractivity contribution in [3.05, 3.63) is 59.9 Å². The number of Topliss-reactive ketones (excluding diaryl/α,β-unsaturated/α-hetero) is 1. The first-order valence-corrected chi connectivity index (χ1v) is 7.50. The molecule has 2 rings (SSSR count). The smallest absolute Gasteiger partial charge is 0.180 e. The van der Waals surface area contributed by atoms with Crippen LogP contribution in [0.3, 0.4) is 0 Å². The molecule has 0 spiro atoms.